The van der Waals surface area contributed by atoms with Crippen LogP contribution < -0.4 is 10.1 Å². The summed E-state index contributed by atoms with van der Waals surface area (Å²) in [6, 6.07) is 9.89. The summed E-state index contributed by atoms with van der Waals surface area (Å²) < 4.78 is 43.0. The van der Waals surface area contributed by atoms with E-state index in [0.717, 1.165) is 43.6 Å². The molecule has 8 heteroatoms. The second-order valence-corrected chi connectivity index (χ2v) is 7.87. The lowest BCUT2D eigenvalue weighted by Crippen LogP contribution is -2.35. The zero-order chi connectivity index (χ0) is 22.4. The maximum absolute atomic E-state index is 12.6. The number of halogens is 3. The first-order valence-electron chi connectivity index (χ1n) is 10.3. The molecule has 1 heterocycles. The maximum Gasteiger partial charge on any atom is 0.416 e. The number of nitrogens with one attached hydrogen (secondary N) is 1. The van der Waals surface area contributed by atoms with Crippen LogP contribution >= 0.6 is 0 Å². The average Bonchev–Trinajstić information content (AvgIpc) is 2.74. The van der Waals surface area contributed by atoms with E-state index in [0.29, 0.717) is 36.7 Å². The number of carbonyl (C=O) groups is 1. The van der Waals surface area contributed by atoms with Crippen molar-refractivity contribution in [1.29, 1.82) is 0 Å². The summed E-state index contributed by atoms with van der Waals surface area (Å²) in [6.45, 7) is 2.35. The molecule has 1 aliphatic rings. The predicted molar refractivity (Wildman–Crippen MR) is 112 cm³/mol. The minimum Gasteiger partial charge on any atom is -0.504 e. The van der Waals surface area contributed by atoms with Crippen molar-refractivity contribution in [3.63, 3.8) is 0 Å². The van der Waals surface area contributed by atoms with Gasteiger partial charge in [0.25, 0.3) is 0 Å². The van der Waals surface area contributed by atoms with E-state index in [-0.39, 0.29) is 11.7 Å². The largest absolute Gasteiger partial charge is 0.504 e. The van der Waals surface area contributed by atoms with Crippen LogP contribution in [0.5, 0.6) is 11.5 Å². The van der Waals surface area contributed by atoms with Gasteiger partial charge in [0.05, 0.1) is 12.7 Å². The number of nitrogens with zero attached hydrogens (tertiary/aromatic N) is 1. The molecule has 0 spiro atoms. The minimum atomic E-state index is -4.39. The van der Waals surface area contributed by atoms with E-state index in [2.05, 4.69) is 10.2 Å². The zero-order valence-electron chi connectivity index (χ0n) is 17.4. The van der Waals surface area contributed by atoms with Gasteiger partial charge in [0.1, 0.15) is 0 Å². The number of likely N-dealkylation sites (tertiary alicyclic amines) is 1. The van der Waals surface area contributed by atoms with Crippen molar-refractivity contribution in [1.82, 2.24) is 4.90 Å². The van der Waals surface area contributed by atoms with Gasteiger partial charge in [-0.3, -0.25) is 9.69 Å². The molecule has 0 radical (unpaired) electrons. The first kappa shape index (κ1) is 22.9. The molecule has 1 aliphatic heterocycles. The number of amides is 1. The fourth-order valence-electron chi connectivity index (χ4n) is 3.93. The molecule has 3 rings (SSSR count). The highest BCUT2D eigenvalue weighted by Gasteiger charge is 2.30. The van der Waals surface area contributed by atoms with E-state index in [1.165, 1.54) is 19.2 Å². The molecule has 2 N–H and O–H groups in total. The number of ether oxygens (including phenoxy) is 1. The molecule has 0 aliphatic carbocycles. The Morgan fingerprint density at radius 2 is 1.97 bits per heavy atom. The molecule has 31 heavy (non-hydrogen) atoms. The fraction of sp³-hybridized carbons (Fsp3) is 0.435. The van der Waals surface area contributed by atoms with Crippen molar-refractivity contribution in [2.24, 2.45) is 5.92 Å². The summed E-state index contributed by atoms with van der Waals surface area (Å²) in [4.78, 5) is 14.5. The molecule has 1 amide bonds. The summed E-state index contributed by atoms with van der Waals surface area (Å²) in [5.41, 5.74) is 0.423. The Balaban J connectivity index is 1.48. The zero-order valence-corrected chi connectivity index (χ0v) is 17.4. The smallest absolute Gasteiger partial charge is 0.416 e. The van der Waals surface area contributed by atoms with E-state index in [9.17, 15) is 23.1 Å². The maximum atomic E-state index is 12.6. The van der Waals surface area contributed by atoms with Crippen LogP contribution in [0.1, 0.15) is 36.8 Å². The number of hydrogen-bond acceptors (Lipinski definition) is 4. The number of methoxy groups -OCH3 is 1. The van der Waals surface area contributed by atoms with Crippen LogP contribution in [0.25, 0.3) is 0 Å². The number of rotatable bonds is 7. The lowest BCUT2D eigenvalue weighted by molar-refractivity contribution is -0.137. The summed E-state index contributed by atoms with van der Waals surface area (Å²) in [5.74, 6) is 0.746. The fourth-order valence-corrected chi connectivity index (χ4v) is 3.93. The standard InChI is InChI=1S/C23H27F3N2O3/c1-31-20-6-2-5-17(22(20)30)15-28-13-3-4-16(14-28)7-12-21(29)27-19-10-8-18(9-11-19)23(24,25)26/h2,5-6,8-11,16,30H,3-4,7,12-15H2,1H3,(H,27,29). The number of phenolic OH excluding ortho intramolecular Hbond substituents is 1. The van der Waals surface area contributed by atoms with E-state index >= 15 is 0 Å². The quantitative estimate of drug-likeness (QED) is 0.638. The van der Waals surface area contributed by atoms with Gasteiger partial charge in [-0.05, 0) is 62.1 Å². The number of para-hydroxylation sites is 1. The summed E-state index contributed by atoms with van der Waals surface area (Å²) in [5, 5.41) is 13.0. The first-order valence-corrected chi connectivity index (χ1v) is 10.3. The molecule has 0 saturated carbocycles. The number of hydrogen-bond donors (Lipinski definition) is 2. The van der Waals surface area contributed by atoms with Crippen LogP contribution in [-0.2, 0) is 17.5 Å². The molecule has 0 aromatic heterocycles. The Bertz CT molecular complexity index is 885. The van der Waals surface area contributed by atoms with E-state index in [1.807, 2.05) is 12.1 Å². The molecule has 1 fully saturated rings. The van der Waals surface area contributed by atoms with Gasteiger partial charge >= 0.3 is 6.18 Å². The van der Waals surface area contributed by atoms with Crippen molar-refractivity contribution >= 4 is 11.6 Å². The lowest BCUT2D eigenvalue weighted by atomic mass is 9.93. The highest BCUT2D eigenvalue weighted by atomic mass is 19.4. The number of anilines is 1. The predicted octanol–water partition coefficient (Wildman–Crippen LogP) is 5.05. The Labute approximate surface area is 179 Å². The van der Waals surface area contributed by atoms with Gasteiger partial charge in [-0.2, -0.15) is 13.2 Å². The summed E-state index contributed by atoms with van der Waals surface area (Å²) in [7, 11) is 1.52. The molecule has 2 aromatic rings. The highest BCUT2D eigenvalue weighted by molar-refractivity contribution is 5.90. The molecule has 5 nitrogen and oxygen atoms in total. The monoisotopic (exact) mass is 436 g/mol. The van der Waals surface area contributed by atoms with Gasteiger partial charge in [0, 0.05) is 30.8 Å². The van der Waals surface area contributed by atoms with Crippen molar-refractivity contribution in [2.45, 2.75) is 38.4 Å². The van der Waals surface area contributed by atoms with Crippen LogP contribution in [0.4, 0.5) is 18.9 Å². The molecular weight excluding hydrogens is 409 g/mol. The van der Waals surface area contributed by atoms with E-state index in [1.54, 1.807) is 6.07 Å². The second kappa shape index (κ2) is 10.0. The number of phenols is 1. The Morgan fingerprint density at radius 3 is 2.65 bits per heavy atom. The molecule has 1 atom stereocenters. The number of carbonyl (C=O) groups excluding carboxylic acids is 1. The molecule has 2 aromatic carbocycles. The highest BCUT2D eigenvalue weighted by Crippen LogP contribution is 2.32. The molecule has 0 bridgehead atoms. The van der Waals surface area contributed by atoms with Crippen LogP contribution in [-0.4, -0.2) is 36.1 Å². The Hall–Kier alpha value is -2.74. The van der Waals surface area contributed by atoms with Gasteiger partial charge in [-0.15, -0.1) is 0 Å². The Morgan fingerprint density at radius 1 is 1.23 bits per heavy atom. The average molecular weight is 436 g/mol. The normalized spacial score (nSPS) is 17.4. The molecule has 168 valence electrons. The van der Waals surface area contributed by atoms with Gasteiger partial charge < -0.3 is 15.2 Å². The van der Waals surface area contributed by atoms with Gasteiger partial charge in [-0.1, -0.05) is 12.1 Å². The third-order valence-electron chi connectivity index (χ3n) is 5.58. The van der Waals surface area contributed by atoms with Crippen molar-refractivity contribution in [2.75, 3.05) is 25.5 Å². The second-order valence-electron chi connectivity index (χ2n) is 7.87. The van der Waals surface area contributed by atoms with Gasteiger partial charge in [-0.25, -0.2) is 0 Å². The summed E-state index contributed by atoms with van der Waals surface area (Å²) in [6.07, 6.45) is -1.35. The van der Waals surface area contributed by atoms with Crippen LogP contribution in [0.2, 0.25) is 0 Å². The SMILES string of the molecule is COc1cccc(CN2CCCC(CCC(=O)Nc3ccc(C(F)(F)F)cc3)C2)c1O. The lowest BCUT2D eigenvalue weighted by Gasteiger charge is -2.33. The number of benzene rings is 2. The van der Waals surface area contributed by atoms with E-state index in [4.69, 9.17) is 4.74 Å². The third-order valence-corrected chi connectivity index (χ3v) is 5.58. The van der Waals surface area contributed by atoms with Crippen molar-refractivity contribution in [3.8, 4) is 11.5 Å². The topological polar surface area (TPSA) is 61.8 Å². The Kier molecular flexibility index (Phi) is 7.43. The van der Waals surface area contributed by atoms with Gasteiger partial charge in [0.2, 0.25) is 5.91 Å². The molecular formula is C23H27F3N2O3. The molecule has 1 saturated heterocycles. The summed E-state index contributed by atoms with van der Waals surface area (Å²) >= 11 is 0. The van der Waals surface area contributed by atoms with Crippen molar-refractivity contribution < 1.29 is 27.8 Å². The molecule has 1 unspecified atom stereocenters. The number of piperidine rings is 1. The van der Waals surface area contributed by atoms with Crippen LogP contribution in [0.3, 0.4) is 0 Å². The first-order chi connectivity index (χ1) is 14.8. The van der Waals surface area contributed by atoms with Crippen molar-refractivity contribution in [3.05, 3.63) is 53.6 Å². The third kappa shape index (κ3) is 6.37. The van der Waals surface area contributed by atoms with Gasteiger partial charge in [0.15, 0.2) is 11.5 Å². The number of alkyl halides is 3. The number of aromatic hydroxyl groups is 1. The van der Waals surface area contributed by atoms with Crippen LogP contribution in [0, 0.1) is 5.92 Å². The van der Waals surface area contributed by atoms with Crippen LogP contribution in [0.15, 0.2) is 42.5 Å². The van der Waals surface area contributed by atoms with E-state index < -0.39 is 11.7 Å². The minimum absolute atomic E-state index is 0.156.